The van der Waals surface area contributed by atoms with E-state index in [1.165, 1.54) is 0 Å². The number of carbonyl (C=O) groups is 2. The summed E-state index contributed by atoms with van der Waals surface area (Å²) >= 11 is 8.63. The molecule has 0 radical (unpaired) electrons. The molecule has 28 heavy (non-hydrogen) atoms. The maximum absolute atomic E-state index is 12.5. The number of rotatable bonds is 8. The number of benzene rings is 1. The monoisotopic (exact) mass is 472 g/mol. The minimum absolute atomic E-state index is 0.239. The molecule has 1 aliphatic heterocycles. The van der Waals surface area contributed by atoms with E-state index in [0.717, 1.165) is 0 Å². The van der Waals surface area contributed by atoms with Crippen LogP contribution in [0.4, 0.5) is 0 Å². The SMILES string of the molecule is CCOC(=O)C1=C(C)NC(=S)N[C@@H]1c1cc(Br)c(OCC(=O)O)c(OCC)c1. The average Bonchev–Trinajstić information content (AvgIpc) is 2.60. The quantitative estimate of drug-likeness (QED) is 0.388. The minimum atomic E-state index is -1.10. The molecular formula is C18H21BrN2O6S. The van der Waals surface area contributed by atoms with E-state index in [-0.39, 0.29) is 12.4 Å². The molecule has 10 heteroatoms. The molecule has 0 amide bonds. The molecule has 8 nitrogen and oxygen atoms in total. The van der Waals surface area contributed by atoms with E-state index < -0.39 is 24.6 Å². The van der Waals surface area contributed by atoms with Gasteiger partial charge in [0.25, 0.3) is 0 Å². The Bertz CT molecular complexity index is 827. The third kappa shape index (κ3) is 5.14. The van der Waals surface area contributed by atoms with Gasteiger partial charge in [-0.15, -0.1) is 0 Å². The van der Waals surface area contributed by atoms with Gasteiger partial charge in [0.15, 0.2) is 23.2 Å². The molecule has 1 aromatic carbocycles. The second-order valence-electron chi connectivity index (χ2n) is 5.74. The summed E-state index contributed by atoms with van der Waals surface area (Å²) in [5.41, 5.74) is 1.65. The fourth-order valence-electron chi connectivity index (χ4n) is 2.71. The van der Waals surface area contributed by atoms with Crippen molar-refractivity contribution >= 4 is 45.2 Å². The van der Waals surface area contributed by atoms with Gasteiger partial charge in [-0.05, 0) is 66.6 Å². The van der Waals surface area contributed by atoms with Gasteiger partial charge in [-0.25, -0.2) is 9.59 Å². The number of carboxylic acids is 1. The molecule has 0 aliphatic carbocycles. The van der Waals surface area contributed by atoms with Crippen LogP contribution < -0.4 is 20.1 Å². The molecule has 0 saturated heterocycles. The van der Waals surface area contributed by atoms with Crippen LogP contribution in [-0.4, -0.2) is 42.0 Å². The van der Waals surface area contributed by atoms with Crippen molar-refractivity contribution in [3.8, 4) is 11.5 Å². The van der Waals surface area contributed by atoms with Crippen LogP contribution in [0, 0.1) is 0 Å². The predicted molar refractivity (Wildman–Crippen MR) is 109 cm³/mol. The zero-order valence-corrected chi connectivity index (χ0v) is 18.0. The highest BCUT2D eigenvalue weighted by Gasteiger charge is 2.32. The Morgan fingerprint density at radius 1 is 1.25 bits per heavy atom. The summed E-state index contributed by atoms with van der Waals surface area (Å²) in [6, 6.07) is 2.83. The topological polar surface area (TPSA) is 106 Å². The summed E-state index contributed by atoms with van der Waals surface area (Å²) in [5, 5.41) is 15.3. The average molecular weight is 473 g/mol. The van der Waals surface area contributed by atoms with E-state index in [4.69, 9.17) is 31.5 Å². The highest BCUT2D eigenvalue weighted by molar-refractivity contribution is 9.10. The molecule has 2 rings (SSSR count). The number of carboxylic acid groups (broad SMARTS) is 1. The van der Waals surface area contributed by atoms with E-state index in [1.807, 2.05) is 0 Å². The highest BCUT2D eigenvalue weighted by atomic mass is 79.9. The van der Waals surface area contributed by atoms with E-state index in [1.54, 1.807) is 32.9 Å². The van der Waals surface area contributed by atoms with Crippen molar-refractivity contribution in [2.75, 3.05) is 19.8 Å². The number of hydrogen-bond donors (Lipinski definition) is 3. The smallest absolute Gasteiger partial charge is 0.341 e. The first-order valence-corrected chi connectivity index (χ1v) is 9.74. The van der Waals surface area contributed by atoms with E-state index in [0.29, 0.717) is 38.8 Å². The number of thiocarbonyl (C=S) groups is 1. The van der Waals surface area contributed by atoms with Crippen molar-refractivity contribution in [3.63, 3.8) is 0 Å². The van der Waals surface area contributed by atoms with Gasteiger partial charge in [-0.2, -0.15) is 0 Å². The van der Waals surface area contributed by atoms with E-state index in [2.05, 4.69) is 26.6 Å². The van der Waals surface area contributed by atoms with Gasteiger partial charge in [-0.3, -0.25) is 0 Å². The van der Waals surface area contributed by atoms with Gasteiger partial charge < -0.3 is 30.0 Å². The second kappa shape index (κ2) is 9.74. The van der Waals surface area contributed by atoms with E-state index in [9.17, 15) is 9.59 Å². The summed E-state index contributed by atoms with van der Waals surface area (Å²) < 4.78 is 16.6. The number of nitrogens with one attached hydrogen (secondary N) is 2. The fraction of sp³-hybridized carbons (Fsp3) is 0.389. The summed E-state index contributed by atoms with van der Waals surface area (Å²) in [4.78, 5) is 23.4. The van der Waals surface area contributed by atoms with E-state index >= 15 is 0 Å². The lowest BCUT2D eigenvalue weighted by atomic mass is 9.95. The van der Waals surface area contributed by atoms with Gasteiger partial charge in [-0.1, -0.05) is 0 Å². The Hall–Kier alpha value is -2.33. The molecule has 0 spiro atoms. The van der Waals surface area contributed by atoms with Crippen LogP contribution in [-0.2, 0) is 14.3 Å². The normalized spacial score (nSPS) is 16.1. The molecular weight excluding hydrogens is 452 g/mol. The maximum Gasteiger partial charge on any atom is 0.341 e. The van der Waals surface area contributed by atoms with Crippen molar-refractivity contribution in [3.05, 3.63) is 33.4 Å². The van der Waals surface area contributed by atoms with Crippen molar-refractivity contribution in [1.29, 1.82) is 0 Å². The number of esters is 1. The lowest BCUT2D eigenvalue weighted by Crippen LogP contribution is -2.45. The Morgan fingerprint density at radius 3 is 2.57 bits per heavy atom. The number of ether oxygens (including phenoxy) is 3. The Morgan fingerprint density at radius 2 is 1.96 bits per heavy atom. The molecule has 1 aliphatic rings. The highest BCUT2D eigenvalue weighted by Crippen LogP contribution is 2.40. The molecule has 0 fully saturated rings. The van der Waals surface area contributed by atoms with Crippen molar-refractivity contribution in [2.24, 2.45) is 0 Å². The third-order valence-corrected chi connectivity index (χ3v) is 4.58. The molecule has 3 N–H and O–H groups in total. The summed E-state index contributed by atoms with van der Waals surface area (Å²) in [7, 11) is 0. The van der Waals surface area contributed by atoms with Gasteiger partial charge in [0.05, 0.1) is 29.3 Å². The van der Waals surface area contributed by atoms with Gasteiger partial charge in [0, 0.05) is 5.70 Å². The summed E-state index contributed by atoms with van der Waals surface area (Å²) in [5.74, 6) is -0.956. The van der Waals surface area contributed by atoms with Crippen molar-refractivity contribution < 1.29 is 28.9 Å². The number of halogens is 1. The van der Waals surface area contributed by atoms with Crippen LogP contribution in [0.15, 0.2) is 27.9 Å². The molecule has 1 aromatic rings. The van der Waals surface area contributed by atoms with Gasteiger partial charge in [0.2, 0.25) is 0 Å². The molecule has 0 unspecified atom stereocenters. The fourth-order valence-corrected chi connectivity index (χ4v) is 3.56. The van der Waals surface area contributed by atoms with Crippen molar-refractivity contribution in [2.45, 2.75) is 26.8 Å². The summed E-state index contributed by atoms with van der Waals surface area (Å²) in [6.07, 6.45) is 0. The van der Waals surface area contributed by atoms with Crippen molar-refractivity contribution in [1.82, 2.24) is 10.6 Å². The van der Waals surface area contributed by atoms with Crippen LogP contribution >= 0.6 is 28.1 Å². The van der Waals surface area contributed by atoms with Gasteiger partial charge >= 0.3 is 11.9 Å². The lowest BCUT2D eigenvalue weighted by molar-refractivity contribution is -0.140. The Labute approximate surface area is 176 Å². The lowest BCUT2D eigenvalue weighted by Gasteiger charge is -2.30. The number of carbonyl (C=O) groups excluding carboxylic acids is 1. The van der Waals surface area contributed by atoms with Gasteiger partial charge in [0.1, 0.15) is 0 Å². The third-order valence-electron chi connectivity index (χ3n) is 3.77. The minimum Gasteiger partial charge on any atom is -0.490 e. The first-order valence-electron chi connectivity index (χ1n) is 8.54. The molecule has 1 atom stereocenters. The molecule has 0 saturated carbocycles. The Kier molecular flexibility index (Phi) is 7.64. The molecule has 0 aromatic heterocycles. The standard InChI is InChI=1S/C18H21BrN2O6S/c1-4-25-12-7-10(6-11(19)16(12)27-8-13(22)23)15-14(17(24)26-5-2)9(3)20-18(28)21-15/h6-7,15H,4-5,8H2,1-3H3,(H,22,23)(H2,20,21,28)/t15-/m1/s1. The summed E-state index contributed by atoms with van der Waals surface area (Å²) in [6.45, 7) is 5.35. The van der Waals surface area contributed by atoms with Crippen LogP contribution in [0.2, 0.25) is 0 Å². The Balaban J connectivity index is 2.51. The first-order chi connectivity index (χ1) is 13.3. The molecule has 1 heterocycles. The predicted octanol–water partition coefficient (Wildman–Crippen LogP) is 2.67. The molecule has 152 valence electrons. The largest absolute Gasteiger partial charge is 0.490 e. The van der Waals surface area contributed by atoms with Crippen LogP contribution in [0.1, 0.15) is 32.4 Å². The molecule has 0 bridgehead atoms. The van der Waals surface area contributed by atoms with Crippen LogP contribution in [0.25, 0.3) is 0 Å². The van der Waals surface area contributed by atoms with Crippen LogP contribution in [0.5, 0.6) is 11.5 Å². The maximum atomic E-state index is 12.5. The zero-order chi connectivity index (χ0) is 20.8. The number of hydrogen-bond acceptors (Lipinski definition) is 6. The second-order valence-corrected chi connectivity index (χ2v) is 7.00. The first kappa shape index (κ1) is 22.0. The zero-order valence-electron chi connectivity index (χ0n) is 15.6. The number of allylic oxidation sites excluding steroid dienone is 1. The van der Waals surface area contributed by atoms with Crippen LogP contribution in [0.3, 0.4) is 0 Å². The number of aliphatic carboxylic acids is 1.